The van der Waals surface area contributed by atoms with Gasteiger partial charge in [-0.3, -0.25) is 9.59 Å². The van der Waals surface area contributed by atoms with Crippen molar-refractivity contribution in [3.63, 3.8) is 0 Å². The van der Waals surface area contributed by atoms with Crippen LogP contribution in [-0.4, -0.2) is 67.3 Å². The fourth-order valence-corrected chi connectivity index (χ4v) is 3.65. The van der Waals surface area contributed by atoms with Crippen molar-refractivity contribution in [2.45, 2.75) is 25.4 Å². The number of ether oxygens (including phenoxy) is 1. The van der Waals surface area contributed by atoms with E-state index in [1.807, 2.05) is 30.3 Å². The number of hydrogen-bond donors (Lipinski definition) is 3. The Labute approximate surface area is 160 Å². The van der Waals surface area contributed by atoms with Crippen molar-refractivity contribution >= 4 is 11.8 Å². The molecule has 0 radical (unpaired) electrons. The Hall–Kier alpha value is -2.12. The van der Waals surface area contributed by atoms with Gasteiger partial charge in [-0.1, -0.05) is 18.2 Å². The third-order valence-corrected chi connectivity index (χ3v) is 5.32. The van der Waals surface area contributed by atoms with E-state index in [4.69, 9.17) is 4.74 Å². The highest BCUT2D eigenvalue weighted by Gasteiger charge is 2.30. The number of aliphatic hydroxyl groups is 1. The summed E-state index contributed by atoms with van der Waals surface area (Å²) in [6.07, 6.45) is 1.53. The van der Waals surface area contributed by atoms with Gasteiger partial charge in [-0.05, 0) is 25.0 Å². The Balaban J connectivity index is 1.39. The number of para-hydroxylation sites is 1. The molecule has 3 unspecified atom stereocenters. The fourth-order valence-electron chi connectivity index (χ4n) is 3.65. The molecule has 3 rings (SSSR count). The Morgan fingerprint density at radius 2 is 2.07 bits per heavy atom. The van der Waals surface area contributed by atoms with Crippen molar-refractivity contribution in [3.8, 4) is 5.75 Å². The molecule has 1 aromatic rings. The molecule has 2 aliphatic rings. The molecule has 27 heavy (non-hydrogen) atoms. The molecule has 0 aliphatic carbocycles. The normalized spacial score (nSPS) is 25.2. The van der Waals surface area contributed by atoms with Crippen molar-refractivity contribution in [2.75, 3.05) is 39.3 Å². The third-order valence-electron chi connectivity index (χ3n) is 5.32. The van der Waals surface area contributed by atoms with Gasteiger partial charge in [-0.2, -0.15) is 0 Å². The lowest BCUT2D eigenvalue weighted by Crippen LogP contribution is -2.47. The van der Waals surface area contributed by atoms with Crippen LogP contribution in [0.2, 0.25) is 0 Å². The minimum Gasteiger partial charge on any atom is -0.493 e. The number of amides is 2. The molecule has 0 aromatic heterocycles. The zero-order chi connectivity index (χ0) is 19.1. The third kappa shape index (κ3) is 5.68. The number of carbonyl (C=O) groups is 2. The zero-order valence-electron chi connectivity index (χ0n) is 15.6. The van der Waals surface area contributed by atoms with Crippen molar-refractivity contribution in [1.82, 2.24) is 15.5 Å². The number of nitrogens with zero attached hydrogens (tertiary/aromatic N) is 1. The Bertz CT molecular complexity index is 625. The maximum atomic E-state index is 12.5. The second kappa shape index (κ2) is 9.71. The number of nitrogens with one attached hydrogen (secondary N) is 2. The predicted molar refractivity (Wildman–Crippen MR) is 101 cm³/mol. The molecule has 0 spiro atoms. The van der Waals surface area contributed by atoms with Crippen molar-refractivity contribution in [1.29, 1.82) is 0 Å². The molecule has 1 aromatic carbocycles. The number of β-amino-alcohol motifs (C(OH)–C–C–N with tert-alkyl or cyclic N) is 1. The first kappa shape index (κ1) is 19.6. The summed E-state index contributed by atoms with van der Waals surface area (Å²) < 4.78 is 5.59. The Morgan fingerprint density at radius 3 is 2.81 bits per heavy atom. The lowest BCUT2D eigenvalue weighted by atomic mass is 9.96. The second-order valence-electron chi connectivity index (χ2n) is 7.32. The molecule has 2 fully saturated rings. The van der Waals surface area contributed by atoms with Crippen molar-refractivity contribution in [2.24, 2.45) is 11.8 Å². The van der Waals surface area contributed by atoms with Crippen LogP contribution in [0.3, 0.4) is 0 Å². The van der Waals surface area contributed by atoms with Crippen LogP contribution in [0.4, 0.5) is 0 Å². The van der Waals surface area contributed by atoms with E-state index in [0.29, 0.717) is 39.2 Å². The van der Waals surface area contributed by atoms with E-state index in [9.17, 15) is 14.7 Å². The first-order valence-corrected chi connectivity index (χ1v) is 9.75. The van der Waals surface area contributed by atoms with Gasteiger partial charge >= 0.3 is 0 Å². The van der Waals surface area contributed by atoms with Crippen LogP contribution in [0.15, 0.2) is 30.3 Å². The summed E-state index contributed by atoms with van der Waals surface area (Å²) in [5, 5.41) is 15.9. The standard InChI is InChI=1S/C20H29N3O4/c24-18-13-21-11-16(18)12-22-20(26)15-5-4-9-23(14-15)19(25)8-10-27-17-6-2-1-3-7-17/h1-3,6-7,15-16,18,21,24H,4-5,8-14H2,(H,22,26). The van der Waals surface area contributed by atoms with Gasteiger partial charge in [-0.15, -0.1) is 0 Å². The average Bonchev–Trinajstić information content (AvgIpc) is 3.11. The van der Waals surface area contributed by atoms with Gasteiger partial charge in [0.25, 0.3) is 0 Å². The molecule has 148 valence electrons. The van der Waals surface area contributed by atoms with E-state index in [1.54, 1.807) is 4.90 Å². The van der Waals surface area contributed by atoms with Crippen LogP contribution in [0.1, 0.15) is 19.3 Å². The molecule has 3 N–H and O–H groups in total. The lowest BCUT2D eigenvalue weighted by molar-refractivity contribution is -0.136. The maximum absolute atomic E-state index is 12.5. The first-order valence-electron chi connectivity index (χ1n) is 9.75. The number of likely N-dealkylation sites (tertiary alicyclic amines) is 1. The van der Waals surface area contributed by atoms with Crippen LogP contribution in [0.5, 0.6) is 5.75 Å². The van der Waals surface area contributed by atoms with Gasteiger partial charge < -0.3 is 25.4 Å². The van der Waals surface area contributed by atoms with Crippen LogP contribution in [0.25, 0.3) is 0 Å². The molecular formula is C20H29N3O4. The fraction of sp³-hybridized carbons (Fsp3) is 0.600. The van der Waals surface area contributed by atoms with E-state index in [0.717, 1.165) is 25.1 Å². The van der Waals surface area contributed by atoms with E-state index in [2.05, 4.69) is 10.6 Å². The summed E-state index contributed by atoms with van der Waals surface area (Å²) in [6, 6.07) is 9.43. The molecule has 7 nitrogen and oxygen atoms in total. The molecule has 2 amide bonds. The first-order chi connectivity index (χ1) is 13.1. The van der Waals surface area contributed by atoms with Crippen molar-refractivity contribution < 1.29 is 19.4 Å². The highest BCUT2D eigenvalue weighted by molar-refractivity contribution is 5.81. The van der Waals surface area contributed by atoms with E-state index >= 15 is 0 Å². The maximum Gasteiger partial charge on any atom is 0.226 e. The summed E-state index contributed by atoms with van der Waals surface area (Å²) in [7, 11) is 0. The largest absolute Gasteiger partial charge is 0.493 e. The highest BCUT2D eigenvalue weighted by Crippen LogP contribution is 2.18. The van der Waals surface area contributed by atoms with E-state index in [-0.39, 0.29) is 23.7 Å². The van der Waals surface area contributed by atoms with Crippen LogP contribution in [-0.2, 0) is 9.59 Å². The van der Waals surface area contributed by atoms with Gasteiger partial charge in [0.05, 0.1) is 25.0 Å². The predicted octanol–water partition coefficient (Wildman–Crippen LogP) is 0.391. The molecule has 0 saturated carbocycles. The second-order valence-corrected chi connectivity index (χ2v) is 7.32. The summed E-state index contributed by atoms with van der Waals surface area (Å²) >= 11 is 0. The van der Waals surface area contributed by atoms with Crippen LogP contribution in [0, 0.1) is 11.8 Å². The summed E-state index contributed by atoms with van der Waals surface area (Å²) in [4.78, 5) is 26.7. The van der Waals surface area contributed by atoms with Gasteiger partial charge in [-0.25, -0.2) is 0 Å². The van der Waals surface area contributed by atoms with Gasteiger partial charge in [0, 0.05) is 38.6 Å². The molecular weight excluding hydrogens is 346 g/mol. The number of aliphatic hydroxyl groups excluding tert-OH is 1. The molecule has 2 aliphatic heterocycles. The van der Waals surface area contributed by atoms with Gasteiger partial charge in [0.2, 0.25) is 11.8 Å². The number of rotatable bonds is 7. The average molecular weight is 375 g/mol. The number of piperidine rings is 1. The molecule has 0 bridgehead atoms. The van der Waals surface area contributed by atoms with E-state index < -0.39 is 6.10 Å². The van der Waals surface area contributed by atoms with Crippen molar-refractivity contribution in [3.05, 3.63) is 30.3 Å². The zero-order valence-corrected chi connectivity index (χ0v) is 15.6. The Morgan fingerprint density at radius 1 is 1.26 bits per heavy atom. The molecule has 3 atom stereocenters. The molecule has 7 heteroatoms. The number of hydrogen-bond acceptors (Lipinski definition) is 5. The van der Waals surface area contributed by atoms with Gasteiger partial charge in [0.1, 0.15) is 5.75 Å². The molecule has 2 saturated heterocycles. The monoisotopic (exact) mass is 375 g/mol. The summed E-state index contributed by atoms with van der Waals surface area (Å²) in [6.45, 7) is 3.27. The highest BCUT2D eigenvalue weighted by atomic mass is 16.5. The topological polar surface area (TPSA) is 90.9 Å². The lowest BCUT2D eigenvalue weighted by Gasteiger charge is -2.32. The minimum absolute atomic E-state index is 0.0212. The summed E-state index contributed by atoms with van der Waals surface area (Å²) in [5.41, 5.74) is 0. The van der Waals surface area contributed by atoms with Crippen LogP contribution < -0.4 is 15.4 Å². The minimum atomic E-state index is -0.403. The number of benzene rings is 1. The SMILES string of the molecule is O=C(NCC1CNCC1O)C1CCCN(C(=O)CCOc2ccccc2)C1. The van der Waals surface area contributed by atoms with E-state index in [1.165, 1.54) is 0 Å². The molecule has 2 heterocycles. The summed E-state index contributed by atoms with van der Waals surface area (Å²) in [5.74, 6) is 0.644. The number of carbonyl (C=O) groups excluding carboxylic acids is 2. The smallest absolute Gasteiger partial charge is 0.226 e. The quantitative estimate of drug-likeness (QED) is 0.641. The van der Waals surface area contributed by atoms with Gasteiger partial charge in [0.15, 0.2) is 0 Å². The Kier molecular flexibility index (Phi) is 7.06. The van der Waals surface area contributed by atoms with Crippen LogP contribution >= 0.6 is 0 Å².